The van der Waals surface area contributed by atoms with E-state index < -0.39 is 10.8 Å². The van der Waals surface area contributed by atoms with Crippen molar-refractivity contribution < 1.29 is 4.21 Å². The molecule has 98 valence electrons. The van der Waals surface area contributed by atoms with Gasteiger partial charge in [0.1, 0.15) is 6.67 Å². The zero-order valence-corrected chi connectivity index (χ0v) is 11.1. The van der Waals surface area contributed by atoms with Crippen molar-refractivity contribution in [3.05, 3.63) is 0 Å². The van der Waals surface area contributed by atoms with E-state index in [0.29, 0.717) is 17.6 Å². The van der Waals surface area contributed by atoms with Gasteiger partial charge in [0, 0.05) is 39.0 Å². The first kappa shape index (κ1) is 12.8. The molecule has 0 bridgehead atoms. The van der Waals surface area contributed by atoms with E-state index in [1.807, 2.05) is 11.9 Å². The van der Waals surface area contributed by atoms with Crippen LogP contribution in [0.2, 0.25) is 0 Å². The lowest BCUT2D eigenvalue weighted by Gasteiger charge is -2.26. The summed E-state index contributed by atoms with van der Waals surface area (Å²) in [5, 5.41) is 8.07. The van der Waals surface area contributed by atoms with Gasteiger partial charge in [0.05, 0.1) is 10.8 Å². The second kappa shape index (κ2) is 6.32. The number of piperazine rings is 1. The van der Waals surface area contributed by atoms with Gasteiger partial charge in [-0.25, -0.2) is 0 Å². The molecule has 1 saturated heterocycles. The summed E-state index contributed by atoms with van der Waals surface area (Å²) in [7, 11) is 0.951. The summed E-state index contributed by atoms with van der Waals surface area (Å²) in [4.78, 5) is 4.33. The topological polar surface area (TPSA) is 60.0 Å². The molecule has 1 unspecified atom stereocenters. The highest BCUT2D eigenvalue weighted by atomic mass is 32.2. The van der Waals surface area contributed by atoms with Gasteiger partial charge in [0.15, 0.2) is 0 Å². The van der Waals surface area contributed by atoms with Crippen molar-refractivity contribution in [1.82, 2.24) is 20.5 Å². The monoisotopic (exact) mass is 259 g/mol. The minimum atomic E-state index is -0.959. The second-order valence-electron chi connectivity index (χ2n) is 4.40. The Kier molecular flexibility index (Phi) is 4.75. The molecule has 0 radical (unpaired) electrons. The summed E-state index contributed by atoms with van der Waals surface area (Å²) in [6.07, 6.45) is 0.972. The maximum absolute atomic E-state index is 12.0. The van der Waals surface area contributed by atoms with Crippen LogP contribution in [0.4, 0.5) is 0 Å². The van der Waals surface area contributed by atoms with Gasteiger partial charge in [-0.05, 0) is 13.0 Å². The van der Waals surface area contributed by atoms with E-state index in [1.165, 1.54) is 0 Å². The first-order chi connectivity index (χ1) is 8.27. The standard InChI is InChI=1S/C10H21N5OS/c1-14-9-12-13-10(14)17(16)8-2-5-15-6-3-11-4-7-15/h11-12H,2-9H2,1H3. The van der Waals surface area contributed by atoms with Gasteiger partial charge in [-0.2, -0.15) is 5.10 Å². The molecular weight excluding hydrogens is 238 g/mol. The number of hydrazone groups is 1. The van der Waals surface area contributed by atoms with Crippen LogP contribution in [0, 0.1) is 0 Å². The van der Waals surface area contributed by atoms with E-state index in [-0.39, 0.29) is 0 Å². The predicted octanol–water partition coefficient (Wildman–Crippen LogP) is -1.21. The van der Waals surface area contributed by atoms with E-state index >= 15 is 0 Å². The van der Waals surface area contributed by atoms with E-state index in [2.05, 4.69) is 20.7 Å². The summed E-state index contributed by atoms with van der Waals surface area (Å²) in [5.74, 6) is 0.703. The lowest BCUT2D eigenvalue weighted by Crippen LogP contribution is -2.44. The van der Waals surface area contributed by atoms with Crippen molar-refractivity contribution >= 4 is 16.0 Å². The van der Waals surface area contributed by atoms with Crippen LogP contribution in [0.1, 0.15) is 6.42 Å². The lowest BCUT2D eigenvalue weighted by atomic mass is 10.3. The van der Waals surface area contributed by atoms with Crippen LogP contribution in [0.25, 0.3) is 0 Å². The van der Waals surface area contributed by atoms with Gasteiger partial charge in [-0.1, -0.05) is 0 Å². The summed E-state index contributed by atoms with van der Waals surface area (Å²) in [6, 6.07) is 0. The lowest BCUT2D eigenvalue weighted by molar-refractivity contribution is 0.242. The van der Waals surface area contributed by atoms with Gasteiger partial charge < -0.3 is 15.1 Å². The van der Waals surface area contributed by atoms with Gasteiger partial charge in [0.2, 0.25) is 5.17 Å². The highest BCUT2D eigenvalue weighted by Crippen LogP contribution is 2.02. The maximum atomic E-state index is 12.0. The van der Waals surface area contributed by atoms with Crippen LogP contribution in [0.15, 0.2) is 5.10 Å². The van der Waals surface area contributed by atoms with Crippen LogP contribution < -0.4 is 10.7 Å². The molecule has 1 fully saturated rings. The molecule has 0 aromatic rings. The Labute approximate surface area is 105 Å². The highest BCUT2D eigenvalue weighted by Gasteiger charge is 2.19. The minimum Gasteiger partial charge on any atom is -0.332 e. The molecule has 0 aromatic heterocycles. The Balaban J connectivity index is 1.66. The molecule has 0 aliphatic carbocycles. The molecule has 2 rings (SSSR count). The fraction of sp³-hybridized carbons (Fsp3) is 0.900. The van der Waals surface area contributed by atoms with Crippen molar-refractivity contribution in [2.45, 2.75) is 6.42 Å². The quantitative estimate of drug-likeness (QED) is 0.664. The Morgan fingerprint density at radius 2 is 2.18 bits per heavy atom. The molecule has 0 aromatic carbocycles. The van der Waals surface area contributed by atoms with Crippen LogP contribution in [-0.4, -0.2) is 71.4 Å². The van der Waals surface area contributed by atoms with Gasteiger partial charge in [-0.15, -0.1) is 0 Å². The van der Waals surface area contributed by atoms with Gasteiger partial charge in [0.25, 0.3) is 0 Å². The van der Waals surface area contributed by atoms with E-state index in [9.17, 15) is 4.21 Å². The molecular formula is C10H21N5OS. The third-order valence-electron chi connectivity index (χ3n) is 3.03. The minimum absolute atomic E-state index is 0.666. The van der Waals surface area contributed by atoms with Crippen LogP contribution in [0.5, 0.6) is 0 Å². The molecule has 17 heavy (non-hydrogen) atoms. The average molecular weight is 259 g/mol. The molecule has 2 heterocycles. The van der Waals surface area contributed by atoms with Crippen molar-refractivity contribution in [2.75, 3.05) is 52.2 Å². The normalized spacial score (nSPS) is 23.4. The highest BCUT2D eigenvalue weighted by molar-refractivity contribution is 8.00. The fourth-order valence-corrected chi connectivity index (χ4v) is 3.18. The number of hydrogen-bond donors (Lipinski definition) is 2. The molecule has 2 aliphatic heterocycles. The largest absolute Gasteiger partial charge is 0.332 e. The van der Waals surface area contributed by atoms with Crippen LogP contribution in [-0.2, 0) is 10.8 Å². The van der Waals surface area contributed by atoms with Crippen LogP contribution >= 0.6 is 0 Å². The van der Waals surface area contributed by atoms with Crippen molar-refractivity contribution in [3.63, 3.8) is 0 Å². The third kappa shape index (κ3) is 3.65. The summed E-state index contributed by atoms with van der Waals surface area (Å²) in [5.41, 5.74) is 2.84. The Hall–Kier alpha value is -0.660. The van der Waals surface area contributed by atoms with Crippen molar-refractivity contribution in [1.29, 1.82) is 0 Å². The molecule has 0 spiro atoms. The second-order valence-corrected chi connectivity index (χ2v) is 5.87. The number of rotatable bonds is 4. The molecule has 7 heteroatoms. The number of nitrogens with one attached hydrogen (secondary N) is 2. The molecule has 1 atom stereocenters. The zero-order valence-electron chi connectivity index (χ0n) is 10.3. The predicted molar refractivity (Wildman–Crippen MR) is 70.1 cm³/mol. The number of amidine groups is 1. The zero-order chi connectivity index (χ0) is 12.1. The van der Waals surface area contributed by atoms with E-state index in [1.54, 1.807) is 0 Å². The summed E-state index contributed by atoms with van der Waals surface area (Å²) >= 11 is 0. The average Bonchev–Trinajstić information content (AvgIpc) is 2.77. The molecule has 6 nitrogen and oxygen atoms in total. The van der Waals surface area contributed by atoms with Crippen LogP contribution in [0.3, 0.4) is 0 Å². The van der Waals surface area contributed by atoms with Crippen molar-refractivity contribution in [2.24, 2.45) is 5.10 Å². The SMILES string of the molecule is CN1CNN=C1S(=O)CCCN1CCNCC1. The molecule has 0 saturated carbocycles. The number of hydrogen-bond acceptors (Lipinski definition) is 6. The Bertz CT molecular complexity index is 303. The summed E-state index contributed by atoms with van der Waals surface area (Å²) < 4.78 is 12.0. The summed E-state index contributed by atoms with van der Waals surface area (Å²) in [6.45, 7) is 6.06. The van der Waals surface area contributed by atoms with Gasteiger partial charge in [-0.3, -0.25) is 9.63 Å². The first-order valence-electron chi connectivity index (χ1n) is 6.10. The van der Waals surface area contributed by atoms with E-state index in [4.69, 9.17) is 0 Å². The smallest absolute Gasteiger partial charge is 0.214 e. The maximum Gasteiger partial charge on any atom is 0.214 e. The molecule has 2 N–H and O–H groups in total. The molecule has 0 amide bonds. The Morgan fingerprint density at radius 1 is 1.41 bits per heavy atom. The van der Waals surface area contributed by atoms with Crippen molar-refractivity contribution in [3.8, 4) is 0 Å². The van der Waals surface area contributed by atoms with Gasteiger partial charge >= 0.3 is 0 Å². The molecule has 2 aliphatic rings. The van der Waals surface area contributed by atoms with E-state index in [0.717, 1.165) is 39.1 Å². The first-order valence-corrected chi connectivity index (χ1v) is 7.42. The number of nitrogens with zero attached hydrogens (tertiary/aromatic N) is 3. The third-order valence-corrected chi connectivity index (χ3v) is 4.50. The fourth-order valence-electron chi connectivity index (χ4n) is 2.03. The Morgan fingerprint density at radius 3 is 2.82 bits per heavy atom.